The number of ether oxygens (including phenoxy) is 1. The van der Waals surface area contributed by atoms with Crippen LogP contribution < -0.4 is 5.32 Å². The molecule has 2 aromatic rings. The van der Waals surface area contributed by atoms with Crippen LogP contribution in [0, 0.1) is 0 Å². The number of nitrogens with zero attached hydrogens (tertiary/aromatic N) is 1. The topological polar surface area (TPSA) is 75.7 Å². The van der Waals surface area contributed by atoms with E-state index >= 15 is 0 Å². The molecule has 27 heavy (non-hydrogen) atoms. The minimum atomic E-state index is -3.57. The fourth-order valence-corrected chi connectivity index (χ4v) is 4.81. The van der Waals surface area contributed by atoms with Crippen LogP contribution in [0.2, 0.25) is 5.02 Å². The minimum absolute atomic E-state index is 0.164. The molecule has 1 fully saturated rings. The third-order valence-corrected chi connectivity index (χ3v) is 6.94. The van der Waals surface area contributed by atoms with E-state index in [1.54, 1.807) is 6.07 Å². The predicted octanol–water partition coefficient (Wildman–Crippen LogP) is 3.05. The zero-order valence-electron chi connectivity index (χ0n) is 14.3. The summed E-state index contributed by atoms with van der Waals surface area (Å²) in [5.41, 5.74) is 1.17. The molecule has 0 radical (unpaired) electrons. The van der Waals surface area contributed by atoms with Gasteiger partial charge in [0, 0.05) is 34.7 Å². The van der Waals surface area contributed by atoms with Gasteiger partial charge in [0.05, 0.1) is 18.1 Å². The third-order valence-electron chi connectivity index (χ3n) is 4.18. The summed E-state index contributed by atoms with van der Waals surface area (Å²) in [6, 6.07) is 11.3. The number of rotatable bonds is 5. The van der Waals surface area contributed by atoms with Crippen molar-refractivity contribution in [2.45, 2.75) is 11.4 Å². The summed E-state index contributed by atoms with van der Waals surface area (Å²) in [5.74, 6) is -0.302. The standard InChI is InChI=1S/C18H18BrClN2O4S/c19-15-4-1-14(17(20)11-15)12-21-18(23)13-2-5-16(6-3-13)27(24,25)22-7-9-26-10-8-22/h1-6,11H,7-10,12H2,(H,21,23). The molecule has 1 amide bonds. The van der Waals surface area contributed by atoms with Crippen LogP contribution in [0.5, 0.6) is 0 Å². The average Bonchev–Trinajstić information content (AvgIpc) is 2.68. The molecule has 0 atom stereocenters. The van der Waals surface area contributed by atoms with Gasteiger partial charge >= 0.3 is 0 Å². The molecule has 0 aliphatic carbocycles. The summed E-state index contributed by atoms with van der Waals surface area (Å²) in [4.78, 5) is 12.5. The second-order valence-corrected chi connectivity index (χ2v) is 9.22. The van der Waals surface area contributed by atoms with Gasteiger partial charge in [-0.3, -0.25) is 4.79 Å². The second-order valence-electron chi connectivity index (χ2n) is 5.96. The Morgan fingerprint density at radius 1 is 1.15 bits per heavy atom. The molecule has 2 aromatic carbocycles. The van der Waals surface area contributed by atoms with E-state index in [1.165, 1.54) is 28.6 Å². The van der Waals surface area contributed by atoms with Crippen molar-refractivity contribution < 1.29 is 17.9 Å². The molecule has 1 heterocycles. The summed E-state index contributed by atoms with van der Waals surface area (Å²) in [6.07, 6.45) is 0. The monoisotopic (exact) mass is 472 g/mol. The van der Waals surface area contributed by atoms with E-state index in [-0.39, 0.29) is 17.3 Å². The molecule has 9 heteroatoms. The lowest BCUT2D eigenvalue weighted by molar-refractivity contribution is 0.0730. The van der Waals surface area contributed by atoms with Gasteiger partial charge in [0.25, 0.3) is 5.91 Å². The Bertz CT molecular complexity index is 929. The van der Waals surface area contributed by atoms with Gasteiger partial charge in [-0.05, 0) is 42.0 Å². The van der Waals surface area contributed by atoms with E-state index in [1.807, 2.05) is 12.1 Å². The number of amides is 1. The summed E-state index contributed by atoms with van der Waals surface area (Å²) in [6.45, 7) is 1.71. The summed E-state index contributed by atoms with van der Waals surface area (Å²) in [7, 11) is -3.57. The number of hydrogen-bond acceptors (Lipinski definition) is 4. The van der Waals surface area contributed by atoms with Crippen LogP contribution in [-0.4, -0.2) is 44.9 Å². The molecule has 0 aromatic heterocycles. The fourth-order valence-electron chi connectivity index (χ4n) is 2.66. The molecular weight excluding hydrogens is 456 g/mol. The van der Waals surface area contributed by atoms with Gasteiger partial charge in [0.1, 0.15) is 0 Å². The zero-order chi connectivity index (χ0) is 19.4. The second kappa shape index (κ2) is 8.70. The number of nitrogens with one attached hydrogen (secondary N) is 1. The zero-order valence-corrected chi connectivity index (χ0v) is 17.5. The smallest absolute Gasteiger partial charge is 0.251 e. The van der Waals surface area contributed by atoms with Crippen LogP contribution in [0.15, 0.2) is 51.8 Å². The highest BCUT2D eigenvalue weighted by atomic mass is 79.9. The SMILES string of the molecule is O=C(NCc1ccc(Br)cc1Cl)c1ccc(S(=O)(=O)N2CCOCC2)cc1. The lowest BCUT2D eigenvalue weighted by Crippen LogP contribution is -2.40. The lowest BCUT2D eigenvalue weighted by atomic mass is 10.2. The first-order valence-electron chi connectivity index (χ1n) is 8.28. The molecule has 0 bridgehead atoms. The molecule has 144 valence electrons. The lowest BCUT2D eigenvalue weighted by Gasteiger charge is -2.26. The van der Waals surface area contributed by atoms with E-state index in [9.17, 15) is 13.2 Å². The highest BCUT2D eigenvalue weighted by Gasteiger charge is 2.26. The van der Waals surface area contributed by atoms with Crippen molar-refractivity contribution in [1.82, 2.24) is 9.62 Å². The van der Waals surface area contributed by atoms with Crippen LogP contribution in [0.25, 0.3) is 0 Å². The highest BCUT2D eigenvalue weighted by Crippen LogP contribution is 2.21. The first-order chi connectivity index (χ1) is 12.9. The number of carbonyl (C=O) groups excluding carboxylic acids is 1. The van der Waals surface area contributed by atoms with Gasteiger partial charge in [-0.25, -0.2) is 8.42 Å². The molecule has 1 N–H and O–H groups in total. The fraction of sp³-hybridized carbons (Fsp3) is 0.278. The van der Waals surface area contributed by atoms with Crippen LogP contribution in [0.4, 0.5) is 0 Å². The largest absolute Gasteiger partial charge is 0.379 e. The molecular formula is C18H18BrClN2O4S. The van der Waals surface area contributed by atoms with Gasteiger partial charge in [-0.1, -0.05) is 33.6 Å². The Labute approximate surface area is 171 Å². The van der Waals surface area contributed by atoms with E-state index in [0.29, 0.717) is 36.9 Å². The Hall–Kier alpha value is -1.45. The number of morpholine rings is 1. The van der Waals surface area contributed by atoms with E-state index in [0.717, 1.165) is 10.0 Å². The quantitative estimate of drug-likeness (QED) is 0.724. The maximum absolute atomic E-state index is 12.6. The van der Waals surface area contributed by atoms with E-state index < -0.39 is 10.0 Å². The van der Waals surface area contributed by atoms with E-state index in [4.69, 9.17) is 16.3 Å². The van der Waals surface area contributed by atoms with Crippen LogP contribution >= 0.6 is 27.5 Å². The van der Waals surface area contributed by atoms with Crippen molar-refractivity contribution in [2.24, 2.45) is 0 Å². The molecule has 1 aliphatic rings. The number of halogens is 2. The third kappa shape index (κ3) is 4.89. The van der Waals surface area contributed by atoms with Crippen molar-refractivity contribution in [1.29, 1.82) is 0 Å². The van der Waals surface area contributed by atoms with Crippen molar-refractivity contribution in [2.75, 3.05) is 26.3 Å². The maximum atomic E-state index is 12.6. The normalized spacial score (nSPS) is 15.5. The van der Waals surface area contributed by atoms with Crippen LogP contribution in [-0.2, 0) is 21.3 Å². The Kier molecular flexibility index (Phi) is 6.54. The predicted molar refractivity (Wildman–Crippen MR) is 106 cm³/mol. The Morgan fingerprint density at radius 2 is 1.81 bits per heavy atom. The van der Waals surface area contributed by atoms with Crippen molar-refractivity contribution >= 4 is 43.5 Å². The molecule has 0 unspecified atom stereocenters. The minimum Gasteiger partial charge on any atom is -0.379 e. The molecule has 1 aliphatic heterocycles. The number of hydrogen-bond donors (Lipinski definition) is 1. The van der Waals surface area contributed by atoms with Gasteiger partial charge in [0.2, 0.25) is 10.0 Å². The molecule has 6 nitrogen and oxygen atoms in total. The van der Waals surface area contributed by atoms with Crippen LogP contribution in [0.1, 0.15) is 15.9 Å². The Balaban J connectivity index is 1.66. The van der Waals surface area contributed by atoms with Gasteiger partial charge in [-0.15, -0.1) is 0 Å². The van der Waals surface area contributed by atoms with Gasteiger partial charge in [0.15, 0.2) is 0 Å². The summed E-state index contributed by atoms with van der Waals surface area (Å²) in [5, 5.41) is 3.33. The number of benzene rings is 2. The summed E-state index contributed by atoms with van der Waals surface area (Å²) >= 11 is 9.48. The van der Waals surface area contributed by atoms with Gasteiger partial charge < -0.3 is 10.1 Å². The van der Waals surface area contributed by atoms with Gasteiger partial charge in [-0.2, -0.15) is 4.31 Å². The van der Waals surface area contributed by atoms with Crippen molar-refractivity contribution in [3.63, 3.8) is 0 Å². The Morgan fingerprint density at radius 3 is 2.44 bits per heavy atom. The molecule has 0 saturated carbocycles. The molecule has 3 rings (SSSR count). The number of carbonyl (C=O) groups is 1. The maximum Gasteiger partial charge on any atom is 0.251 e. The first-order valence-corrected chi connectivity index (χ1v) is 10.9. The van der Waals surface area contributed by atoms with Crippen LogP contribution in [0.3, 0.4) is 0 Å². The summed E-state index contributed by atoms with van der Waals surface area (Å²) < 4.78 is 32.6. The molecule has 0 spiro atoms. The molecule has 1 saturated heterocycles. The first kappa shape index (κ1) is 20.3. The highest BCUT2D eigenvalue weighted by molar-refractivity contribution is 9.10. The van der Waals surface area contributed by atoms with Crippen molar-refractivity contribution in [3.8, 4) is 0 Å². The van der Waals surface area contributed by atoms with Crippen molar-refractivity contribution in [3.05, 3.63) is 63.1 Å². The van der Waals surface area contributed by atoms with E-state index in [2.05, 4.69) is 21.2 Å². The average molecular weight is 474 g/mol. The number of sulfonamides is 1.